The van der Waals surface area contributed by atoms with Crippen molar-refractivity contribution < 1.29 is 4.74 Å². The van der Waals surface area contributed by atoms with E-state index in [9.17, 15) is 0 Å². The van der Waals surface area contributed by atoms with Gasteiger partial charge in [-0.05, 0) is 31.5 Å². The third-order valence-corrected chi connectivity index (χ3v) is 3.62. The molecule has 3 nitrogen and oxygen atoms in total. The Bertz CT molecular complexity index is 572. The molecule has 1 aromatic carbocycles. The third kappa shape index (κ3) is 2.48. The Morgan fingerprint density at radius 1 is 1.39 bits per heavy atom. The largest absolute Gasteiger partial charge is 0.489 e. The van der Waals surface area contributed by atoms with Gasteiger partial charge in [0.1, 0.15) is 11.3 Å². The van der Waals surface area contributed by atoms with Crippen LogP contribution in [0.1, 0.15) is 19.4 Å². The van der Waals surface area contributed by atoms with E-state index >= 15 is 0 Å². The highest BCUT2D eigenvalue weighted by Gasteiger charge is 2.12. The molecule has 96 valence electrons. The van der Waals surface area contributed by atoms with Crippen molar-refractivity contribution in [3.63, 3.8) is 0 Å². The lowest BCUT2D eigenvalue weighted by atomic mass is 10.2. The van der Waals surface area contributed by atoms with Gasteiger partial charge in [-0.25, -0.2) is 4.98 Å². The van der Waals surface area contributed by atoms with E-state index in [0.717, 1.165) is 26.7 Å². The Kier molecular flexibility index (Phi) is 3.57. The highest BCUT2D eigenvalue weighted by atomic mass is 32.1. The first kappa shape index (κ1) is 12.9. The number of benzene rings is 1. The van der Waals surface area contributed by atoms with E-state index < -0.39 is 0 Å². The standard InChI is InChI=1S/C14H18N2OS/c1-6-10-7-11(17-9(2)3)13-12(8-10)18-14(15-13)16(4)5/h6-9H,1H2,2-5H3. The predicted molar refractivity (Wildman–Crippen MR) is 79.8 cm³/mol. The first-order valence-corrected chi connectivity index (χ1v) is 6.74. The van der Waals surface area contributed by atoms with Crippen molar-refractivity contribution in [1.29, 1.82) is 0 Å². The van der Waals surface area contributed by atoms with Gasteiger partial charge in [0.25, 0.3) is 0 Å². The number of fused-ring (bicyclic) bond motifs is 1. The van der Waals surface area contributed by atoms with Crippen molar-refractivity contribution in [3.8, 4) is 5.75 Å². The lowest BCUT2D eigenvalue weighted by molar-refractivity contribution is 0.245. The Labute approximate surface area is 112 Å². The van der Waals surface area contributed by atoms with Crippen LogP contribution in [-0.4, -0.2) is 25.2 Å². The van der Waals surface area contributed by atoms with E-state index in [-0.39, 0.29) is 6.10 Å². The molecule has 1 heterocycles. The lowest BCUT2D eigenvalue weighted by Gasteiger charge is -2.11. The fourth-order valence-electron chi connectivity index (χ4n) is 1.66. The smallest absolute Gasteiger partial charge is 0.186 e. The first-order valence-electron chi connectivity index (χ1n) is 5.92. The number of hydrogen-bond donors (Lipinski definition) is 0. The molecule has 0 saturated heterocycles. The van der Waals surface area contributed by atoms with Crippen molar-refractivity contribution in [2.45, 2.75) is 20.0 Å². The maximum atomic E-state index is 5.84. The molecular formula is C14H18N2OS. The van der Waals surface area contributed by atoms with Crippen LogP contribution in [0.2, 0.25) is 0 Å². The molecule has 0 fully saturated rings. The molecule has 0 aliphatic carbocycles. The van der Waals surface area contributed by atoms with Crippen LogP contribution >= 0.6 is 11.3 Å². The molecule has 0 aliphatic heterocycles. The van der Waals surface area contributed by atoms with Gasteiger partial charge in [-0.3, -0.25) is 0 Å². The summed E-state index contributed by atoms with van der Waals surface area (Å²) in [6.07, 6.45) is 1.97. The molecule has 4 heteroatoms. The van der Waals surface area contributed by atoms with Crippen LogP contribution < -0.4 is 9.64 Å². The number of rotatable bonds is 4. The van der Waals surface area contributed by atoms with Gasteiger partial charge in [-0.1, -0.05) is 24.0 Å². The zero-order valence-corrected chi connectivity index (χ0v) is 12.0. The van der Waals surface area contributed by atoms with E-state index in [4.69, 9.17) is 4.74 Å². The Morgan fingerprint density at radius 2 is 2.11 bits per heavy atom. The summed E-state index contributed by atoms with van der Waals surface area (Å²) < 4.78 is 6.97. The minimum absolute atomic E-state index is 0.137. The van der Waals surface area contributed by atoms with Gasteiger partial charge in [-0.15, -0.1) is 0 Å². The normalized spacial score (nSPS) is 10.9. The summed E-state index contributed by atoms with van der Waals surface area (Å²) in [5, 5.41) is 0.986. The van der Waals surface area contributed by atoms with Crippen molar-refractivity contribution in [2.75, 3.05) is 19.0 Å². The molecule has 0 spiro atoms. The van der Waals surface area contributed by atoms with Crippen LogP contribution in [0.3, 0.4) is 0 Å². The first-order chi connectivity index (χ1) is 8.51. The van der Waals surface area contributed by atoms with E-state index in [1.54, 1.807) is 11.3 Å². The van der Waals surface area contributed by atoms with Gasteiger partial charge in [0.15, 0.2) is 5.13 Å². The zero-order chi connectivity index (χ0) is 13.3. The van der Waals surface area contributed by atoms with Crippen molar-refractivity contribution in [1.82, 2.24) is 4.98 Å². The molecule has 2 rings (SSSR count). The Balaban J connectivity index is 2.61. The average Bonchev–Trinajstić information content (AvgIpc) is 2.72. The molecule has 1 aromatic heterocycles. The number of thiazole rings is 1. The van der Waals surface area contributed by atoms with E-state index in [0.29, 0.717) is 0 Å². The molecule has 0 bridgehead atoms. The summed E-state index contributed by atoms with van der Waals surface area (Å²) in [6.45, 7) is 7.86. The van der Waals surface area contributed by atoms with Gasteiger partial charge in [0, 0.05) is 14.1 Å². The third-order valence-electron chi connectivity index (χ3n) is 2.45. The van der Waals surface area contributed by atoms with E-state index in [1.807, 2.05) is 45.0 Å². The second-order valence-electron chi connectivity index (χ2n) is 4.63. The molecule has 0 atom stereocenters. The second kappa shape index (κ2) is 4.98. The molecule has 0 N–H and O–H groups in total. The molecule has 0 saturated carbocycles. The number of nitrogens with zero attached hydrogens (tertiary/aromatic N) is 2. The quantitative estimate of drug-likeness (QED) is 0.838. The van der Waals surface area contributed by atoms with Crippen molar-refractivity contribution in [2.24, 2.45) is 0 Å². The molecule has 0 amide bonds. The molecule has 0 unspecified atom stereocenters. The fourth-order valence-corrected chi connectivity index (χ4v) is 2.61. The van der Waals surface area contributed by atoms with E-state index in [1.165, 1.54) is 0 Å². The van der Waals surface area contributed by atoms with Crippen molar-refractivity contribution in [3.05, 3.63) is 24.3 Å². The predicted octanol–water partition coefficient (Wildman–Crippen LogP) is 3.79. The highest BCUT2D eigenvalue weighted by Crippen LogP contribution is 2.35. The summed E-state index contributed by atoms with van der Waals surface area (Å²) >= 11 is 1.66. The van der Waals surface area contributed by atoms with Crippen LogP contribution in [-0.2, 0) is 0 Å². The highest BCUT2D eigenvalue weighted by molar-refractivity contribution is 7.22. The molecule has 2 aromatic rings. The number of hydrogen-bond acceptors (Lipinski definition) is 4. The van der Waals surface area contributed by atoms with Crippen LogP contribution in [0, 0.1) is 0 Å². The number of anilines is 1. The van der Waals surface area contributed by atoms with Gasteiger partial charge in [-0.2, -0.15) is 0 Å². The monoisotopic (exact) mass is 262 g/mol. The summed E-state index contributed by atoms with van der Waals surface area (Å²) in [5.41, 5.74) is 2.00. The summed E-state index contributed by atoms with van der Waals surface area (Å²) in [4.78, 5) is 6.64. The minimum atomic E-state index is 0.137. The number of aromatic nitrogens is 1. The van der Waals surface area contributed by atoms with Gasteiger partial charge in [0.2, 0.25) is 0 Å². The summed E-state index contributed by atoms with van der Waals surface area (Å²) in [6, 6.07) is 4.09. The zero-order valence-electron chi connectivity index (χ0n) is 11.2. The van der Waals surface area contributed by atoms with Crippen LogP contribution in [0.4, 0.5) is 5.13 Å². The Hall–Kier alpha value is -1.55. The van der Waals surface area contributed by atoms with Crippen LogP contribution in [0.15, 0.2) is 18.7 Å². The second-order valence-corrected chi connectivity index (χ2v) is 5.64. The minimum Gasteiger partial charge on any atom is -0.489 e. The van der Waals surface area contributed by atoms with Gasteiger partial charge in [0.05, 0.1) is 10.8 Å². The molecule has 0 aliphatic rings. The van der Waals surface area contributed by atoms with Crippen LogP contribution in [0.25, 0.3) is 16.3 Å². The SMILES string of the molecule is C=Cc1cc(OC(C)C)c2nc(N(C)C)sc2c1. The van der Waals surface area contributed by atoms with Gasteiger partial charge >= 0.3 is 0 Å². The molecule has 0 radical (unpaired) electrons. The fraction of sp³-hybridized carbons (Fsp3) is 0.357. The molecular weight excluding hydrogens is 244 g/mol. The van der Waals surface area contributed by atoms with Gasteiger partial charge < -0.3 is 9.64 Å². The summed E-state index contributed by atoms with van der Waals surface area (Å²) in [7, 11) is 3.99. The summed E-state index contributed by atoms with van der Waals surface area (Å²) in [5.74, 6) is 0.835. The number of ether oxygens (including phenoxy) is 1. The van der Waals surface area contributed by atoms with Crippen molar-refractivity contribution >= 4 is 32.8 Å². The lowest BCUT2D eigenvalue weighted by Crippen LogP contribution is -2.08. The average molecular weight is 262 g/mol. The topological polar surface area (TPSA) is 25.4 Å². The van der Waals surface area contributed by atoms with Crippen LogP contribution in [0.5, 0.6) is 5.75 Å². The Morgan fingerprint density at radius 3 is 2.67 bits per heavy atom. The maximum Gasteiger partial charge on any atom is 0.186 e. The molecule has 18 heavy (non-hydrogen) atoms. The maximum absolute atomic E-state index is 5.84. The van der Waals surface area contributed by atoms with E-state index in [2.05, 4.69) is 17.6 Å².